The van der Waals surface area contributed by atoms with Gasteiger partial charge in [0.05, 0.1) is 24.0 Å². The minimum absolute atomic E-state index is 0.0477. The highest BCUT2D eigenvalue weighted by molar-refractivity contribution is 5.78. The van der Waals surface area contributed by atoms with Crippen molar-refractivity contribution in [3.63, 3.8) is 0 Å². The SMILES string of the molecule is CC.Cc1ncc(F)c(Nc2n[nH]c3c2CN(C(=O)N2CC4(CCCC4)N(C)C[C@@H]2C)C3(C)C)n1. The van der Waals surface area contributed by atoms with E-state index in [0.717, 1.165) is 43.4 Å². The van der Waals surface area contributed by atoms with Crippen LogP contribution in [0.15, 0.2) is 6.20 Å². The van der Waals surface area contributed by atoms with Gasteiger partial charge in [-0.3, -0.25) is 10.00 Å². The number of nitrogens with one attached hydrogen (secondary N) is 2. The number of urea groups is 1. The van der Waals surface area contributed by atoms with Crippen molar-refractivity contribution in [2.24, 2.45) is 0 Å². The average Bonchev–Trinajstić information content (AvgIpc) is 3.52. The molecule has 0 radical (unpaired) electrons. The second kappa shape index (κ2) is 9.37. The normalized spacial score (nSPS) is 22.7. The Morgan fingerprint density at radius 2 is 1.91 bits per heavy atom. The monoisotopic (exact) mass is 486 g/mol. The summed E-state index contributed by atoms with van der Waals surface area (Å²) in [4.78, 5) is 28.4. The van der Waals surface area contributed by atoms with Crippen LogP contribution in [0.4, 0.5) is 20.8 Å². The lowest BCUT2D eigenvalue weighted by Gasteiger charge is -2.52. The molecule has 2 N–H and O–H groups in total. The lowest BCUT2D eigenvalue weighted by molar-refractivity contribution is -0.00744. The van der Waals surface area contributed by atoms with Crippen LogP contribution in [0.25, 0.3) is 0 Å². The maximum absolute atomic E-state index is 14.2. The average molecular weight is 487 g/mol. The largest absolute Gasteiger partial charge is 0.321 e. The van der Waals surface area contributed by atoms with Gasteiger partial charge in [0.25, 0.3) is 0 Å². The van der Waals surface area contributed by atoms with Crippen molar-refractivity contribution >= 4 is 17.7 Å². The van der Waals surface area contributed by atoms with Gasteiger partial charge in [-0.2, -0.15) is 5.10 Å². The standard InChI is InChI=1S/C23H33FN8O.C2H6/c1-14-11-30(5)23(8-6-7-9-23)13-31(14)21(33)32-12-16-18(22(32,3)4)28-29-19(16)27-20-17(24)10-25-15(2)26-20;1-2/h10,14H,6-9,11-13H2,1-5H3,(H2,25,26,27,28,29);1-2H3/t14-;/m0./s1. The number of piperazine rings is 1. The summed E-state index contributed by atoms with van der Waals surface area (Å²) in [5.74, 6) is 0.489. The van der Waals surface area contributed by atoms with E-state index in [1.54, 1.807) is 6.92 Å². The van der Waals surface area contributed by atoms with Crippen molar-refractivity contribution in [2.75, 3.05) is 25.5 Å². The predicted molar refractivity (Wildman–Crippen MR) is 134 cm³/mol. The fourth-order valence-corrected chi connectivity index (χ4v) is 5.85. The topological polar surface area (TPSA) is 93.3 Å². The number of hydrogen-bond donors (Lipinski definition) is 2. The van der Waals surface area contributed by atoms with Gasteiger partial charge in [0.1, 0.15) is 5.82 Å². The molecule has 5 rings (SSSR count). The molecule has 10 heteroatoms. The van der Waals surface area contributed by atoms with E-state index < -0.39 is 11.4 Å². The van der Waals surface area contributed by atoms with Crippen LogP contribution in [0.2, 0.25) is 0 Å². The first kappa shape index (κ1) is 25.3. The Bertz CT molecular complexity index is 1080. The zero-order chi connectivity index (χ0) is 25.5. The molecule has 1 atom stereocenters. The van der Waals surface area contributed by atoms with Crippen molar-refractivity contribution in [2.45, 2.75) is 90.9 Å². The number of likely N-dealkylation sites (N-methyl/N-ethyl adjacent to an activating group) is 1. The molecule has 1 saturated heterocycles. The minimum Gasteiger partial charge on any atom is -0.321 e. The fourth-order valence-electron chi connectivity index (χ4n) is 5.85. The summed E-state index contributed by atoms with van der Waals surface area (Å²) < 4.78 is 14.2. The number of anilines is 2. The summed E-state index contributed by atoms with van der Waals surface area (Å²) in [6, 6.07) is 0.184. The molecule has 0 aromatic carbocycles. The second-order valence-electron chi connectivity index (χ2n) is 10.4. The zero-order valence-corrected chi connectivity index (χ0v) is 22.1. The van der Waals surface area contributed by atoms with Crippen LogP contribution in [0, 0.1) is 12.7 Å². The molecule has 3 aliphatic rings. The van der Waals surface area contributed by atoms with Gasteiger partial charge < -0.3 is 15.1 Å². The maximum atomic E-state index is 14.2. The molecule has 1 spiro atoms. The quantitative estimate of drug-likeness (QED) is 0.648. The molecule has 2 aliphatic heterocycles. The van der Waals surface area contributed by atoms with E-state index in [1.165, 1.54) is 12.8 Å². The summed E-state index contributed by atoms with van der Waals surface area (Å²) in [6.07, 6.45) is 5.88. The van der Waals surface area contributed by atoms with Crippen molar-refractivity contribution in [1.82, 2.24) is 34.9 Å². The molecule has 192 valence electrons. The van der Waals surface area contributed by atoms with E-state index >= 15 is 0 Å². The molecule has 0 unspecified atom stereocenters. The fraction of sp³-hybridized carbons (Fsp3) is 0.680. The Morgan fingerprint density at radius 3 is 2.60 bits per heavy atom. The molecule has 1 saturated carbocycles. The van der Waals surface area contributed by atoms with Crippen molar-refractivity contribution in [3.05, 3.63) is 29.1 Å². The molecule has 2 aromatic rings. The van der Waals surface area contributed by atoms with E-state index in [4.69, 9.17) is 0 Å². The number of aromatic amines is 1. The van der Waals surface area contributed by atoms with Crippen molar-refractivity contribution < 1.29 is 9.18 Å². The molecule has 2 amide bonds. The number of amides is 2. The number of rotatable bonds is 2. The number of fused-ring (bicyclic) bond motifs is 1. The Kier molecular flexibility index (Phi) is 6.78. The van der Waals surface area contributed by atoms with Crippen LogP contribution >= 0.6 is 0 Å². The first-order chi connectivity index (χ1) is 16.6. The highest BCUT2D eigenvalue weighted by atomic mass is 19.1. The molecule has 2 fully saturated rings. The van der Waals surface area contributed by atoms with Gasteiger partial charge in [-0.15, -0.1) is 0 Å². The highest BCUT2D eigenvalue weighted by Crippen LogP contribution is 2.44. The molecule has 35 heavy (non-hydrogen) atoms. The molecule has 2 aromatic heterocycles. The van der Waals surface area contributed by atoms with Gasteiger partial charge in [-0.05, 0) is 47.6 Å². The van der Waals surface area contributed by atoms with Crippen LogP contribution in [-0.2, 0) is 12.1 Å². The first-order valence-corrected chi connectivity index (χ1v) is 12.8. The minimum atomic E-state index is -0.564. The lowest BCUT2D eigenvalue weighted by atomic mass is 9.90. The Hall–Kier alpha value is -2.75. The Labute approximate surface area is 207 Å². The van der Waals surface area contributed by atoms with Gasteiger partial charge in [0.2, 0.25) is 0 Å². The third kappa shape index (κ3) is 4.26. The smallest absolute Gasteiger partial charge is 0.321 e. The van der Waals surface area contributed by atoms with Crippen LogP contribution in [0.5, 0.6) is 0 Å². The van der Waals surface area contributed by atoms with Gasteiger partial charge in [-0.25, -0.2) is 19.2 Å². The van der Waals surface area contributed by atoms with Crippen LogP contribution in [0.1, 0.15) is 77.4 Å². The van der Waals surface area contributed by atoms with Gasteiger partial charge in [-0.1, -0.05) is 26.7 Å². The number of hydrogen-bond acceptors (Lipinski definition) is 6. The Balaban J connectivity index is 0.00000141. The predicted octanol–water partition coefficient (Wildman–Crippen LogP) is 4.54. The van der Waals surface area contributed by atoms with E-state index in [0.29, 0.717) is 18.2 Å². The van der Waals surface area contributed by atoms with Crippen molar-refractivity contribution in [3.8, 4) is 0 Å². The number of nitrogens with zero attached hydrogens (tertiary/aromatic N) is 6. The third-order valence-corrected chi connectivity index (χ3v) is 7.93. The summed E-state index contributed by atoms with van der Waals surface area (Å²) in [6.45, 7) is 13.9. The third-order valence-electron chi connectivity index (χ3n) is 7.93. The number of aryl methyl sites for hydroxylation is 1. The Morgan fingerprint density at radius 1 is 1.23 bits per heavy atom. The first-order valence-electron chi connectivity index (χ1n) is 12.8. The number of aromatic nitrogens is 4. The maximum Gasteiger partial charge on any atom is 0.321 e. The van der Waals surface area contributed by atoms with E-state index in [9.17, 15) is 9.18 Å². The van der Waals surface area contributed by atoms with Gasteiger partial charge in [0.15, 0.2) is 17.5 Å². The van der Waals surface area contributed by atoms with E-state index in [2.05, 4.69) is 49.3 Å². The molecule has 9 nitrogen and oxygen atoms in total. The van der Waals surface area contributed by atoms with Gasteiger partial charge in [0, 0.05) is 30.2 Å². The number of carbonyl (C=O) groups excluding carboxylic acids is 1. The summed E-state index contributed by atoms with van der Waals surface area (Å²) in [5.41, 5.74) is 1.26. The van der Waals surface area contributed by atoms with Crippen LogP contribution < -0.4 is 5.32 Å². The summed E-state index contributed by atoms with van der Waals surface area (Å²) in [5, 5.41) is 10.5. The van der Waals surface area contributed by atoms with Crippen LogP contribution in [0.3, 0.4) is 0 Å². The zero-order valence-electron chi connectivity index (χ0n) is 22.1. The lowest BCUT2D eigenvalue weighted by Crippen LogP contribution is -2.66. The molecular weight excluding hydrogens is 447 g/mol. The molecule has 1 aliphatic carbocycles. The molecular formula is C25H39FN8O. The summed E-state index contributed by atoms with van der Waals surface area (Å²) >= 11 is 0. The number of carbonyl (C=O) groups is 1. The van der Waals surface area contributed by atoms with Gasteiger partial charge >= 0.3 is 6.03 Å². The van der Waals surface area contributed by atoms with Crippen molar-refractivity contribution in [1.29, 1.82) is 0 Å². The van der Waals surface area contributed by atoms with E-state index in [-0.39, 0.29) is 23.4 Å². The van der Waals surface area contributed by atoms with Crippen LogP contribution in [-0.4, -0.2) is 72.6 Å². The van der Waals surface area contributed by atoms with E-state index in [1.807, 2.05) is 32.6 Å². The highest BCUT2D eigenvalue weighted by Gasteiger charge is 2.50. The number of H-pyrrole nitrogens is 1. The molecule has 4 heterocycles. The molecule has 0 bridgehead atoms. The summed E-state index contributed by atoms with van der Waals surface area (Å²) in [7, 11) is 2.20. The number of halogens is 1. The second-order valence-corrected chi connectivity index (χ2v) is 10.4.